The van der Waals surface area contributed by atoms with Crippen molar-refractivity contribution in [2.24, 2.45) is 0 Å². The van der Waals surface area contributed by atoms with E-state index < -0.39 is 0 Å². The second-order valence-corrected chi connectivity index (χ2v) is 4.01. The van der Waals surface area contributed by atoms with Crippen LogP contribution in [0.5, 0.6) is 0 Å². The van der Waals surface area contributed by atoms with Gasteiger partial charge in [-0.05, 0) is 50.5 Å². The molecule has 2 rings (SSSR count). The lowest BCUT2D eigenvalue weighted by Gasteiger charge is -2.24. The van der Waals surface area contributed by atoms with Crippen LogP contribution >= 0.6 is 0 Å². The van der Waals surface area contributed by atoms with Crippen LogP contribution in [0.4, 0.5) is 5.69 Å². The number of hydrogen-bond acceptors (Lipinski definition) is 2. The monoisotopic (exact) mass is 189 g/mol. The summed E-state index contributed by atoms with van der Waals surface area (Å²) in [5.74, 6) is 0.145. The summed E-state index contributed by atoms with van der Waals surface area (Å²) >= 11 is 0. The Balaban J connectivity index is 2.36. The first-order chi connectivity index (χ1) is 6.66. The molecule has 0 spiro atoms. The number of carbonyl (C=O) groups excluding carboxylic acids is 1. The molecule has 0 amide bonds. The van der Waals surface area contributed by atoms with Gasteiger partial charge in [0, 0.05) is 17.3 Å². The van der Waals surface area contributed by atoms with Crippen LogP contribution < -0.4 is 5.32 Å². The summed E-state index contributed by atoms with van der Waals surface area (Å²) in [5.41, 5.74) is 3.28. The van der Waals surface area contributed by atoms with Gasteiger partial charge < -0.3 is 5.32 Å². The number of carbonyl (C=O) groups is 1. The molecule has 0 aromatic heterocycles. The molecule has 0 aliphatic carbocycles. The minimum atomic E-state index is 0.145. The van der Waals surface area contributed by atoms with Crippen molar-refractivity contribution in [3.8, 4) is 0 Å². The van der Waals surface area contributed by atoms with Crippen LogP contribution in [0, 0.1) is 0 Å². The molecule has 1 N–H and O–H groups in total. The van der Waals surface area contributed by atoms with E-state index in [9.17, 15) is 4.79 Å². The van der Waals surface area contributed by atoms with E-state index in [0.29, 0.717) is 6.04 Å². The summed E-state index contributed by atoms with van der Waals surface area (Å²) in [5, 5.41) is 3.41. The summed E-state index contributed by atoms with van der Waals surface area (Å²) in [6.07, 6.45) is 2.22. The van der Waals surface area contributed by atoms with Gasteiger partial charge in [0.15, 0.2) is 5.78 Å². The van der Waals surface area contributed by atoms with Crippen LogP contribution in [0.25, 0.3) is 0 Å². The zero-order chi connectivity index (χ0) is 10.1. The average Bonchev–Trinajstić information content (AvgIpc) is 2.16. The summed E-state index contributed by atoms with van der Waals surface area (Å²) in [7, 11) is 0. The lowest BCUT2D eigenvalue weighted by atomic mass is 9.96. The highest BCUT2D eigenvalue weighted by Crippen LogP contribution is 2.25. The quantitative estimate of drug-likeness (QED) is 0.688. The molecule has 0 radical (unpaired) electrons. The van der Waals surface area contributed by atoms with E-state index >= 15 is 0 Å². The summed E-state index contributed by atoms with van der Waals surface area (Å²) < 4.78 is 0. The van der Waals surface area contributed by atoms with Gasteiger partial charge >= 0.3 is 0 Å². The van der Waals surface area contributed by atoms with Gasteiger partial charge in [-0.1, -0.05) is 0 Å². The van der Waals surface area contributed by atoms with E-state index in [4.69, 9.17) is 0 Å². The van der Waals surface area contributed by atoms with Gasteiger partial charge in [0.1, 0.15) is 0 Å². The van der Waals surface area contributed by atoms with Gasteiger partial charge in [0.25, 0.3) is 0 Å². The maximum atomic E-state index is 11.2. The number of benzene rings is 1. The molecule has 14 heavy (non-hydrogen) atoms. The van der Waals surface area contributed by atoms with E-state index in [1.165, 1.54) is 11.3 Å². The SMILES string of the molecule is CC(=O)c1ccc2c(c1)CCC(C)N2. The fraction of sp³-hybridized carbons (Fsp3) is 0.417. The fourth-order valence-electron chi connectivity index (χ4n) is 1.87. The largest absolute Gasteiger partial charge is 0.382 e. The predicted octanol–water partition coefficient (Wildman–Crippen LogP) is 2.64. The Morgan fingerprint density at radius 3 is 3.00 bits per heavy atom. The van der Waals surface area contributed by atoms with Crippen LogP contribution in [0.2, 0.25) is 0 Å². The second-order valence-electron chi connectivity index (χ2n) is 4.01. The van der Waals surface area contributed by atoms with Crippen molar-refractivity contribution in [1.29, 1.82) is 0 Å². The van der Waals surface area contributed by atoms with Crippen molar-refractivity contribution >= 4 is 11.5 Å². The molecule has 2 heteroatoms. The van der Waals surface area contributed by atoms with Crippen LogP contribution in [-0.4, -0.2) is 11.8 Å². The maximum absolute atomic E-state index is 11.2. The highest BCUT2D eigenvalue weighted by Gasteiger charge is 2.14. The van der Waals surface area contributed by atoms with E-state index in [1.807, 2.05) is 18.2 Å². The molecule has 1 aliphatic rings. The highest BCUT2D eigenvalue weighted by molar-refractivity contribution is 5.94. The topological polar surface area (TPSA) is 29.1 Å². The lowest BCUT2D eigenvalue weighted by Crippen LogP contribution is -2.22. The van der Waals surface area contributed by atoms with Crippen molar-refractivity contribution < 1.29 is 4.79 Å². The second kappa shape index (κ2) is 3.45. The van der Waals surface area contributed by atoms with Gasteiger partial charge in [-0.3, -0.25) is 4.79 Å². The third-order valence-electron chi connectivity index (χ3n) is 2.76. The Morgan fingerprint density at radius 1 is 1.50 bits per heavy atom. The van der Waals surface area contributed by atoms with Crippen molar-refractivity contribution in [3.63, 3.8) is 0 Å². The summed E-state index contributed by atoms with van der Waals surface area (Å²) in [6, 6.07) is 6.47. The number of Topliss-reactive ketones (excluding diaryl/α,β-unsaturated/α-hetero) is 1. The first-order valence-electron chi connectivity index (χ1n) is 5.07. The van der Waals surface area contributed by atoms with Crippen molar-refractivity contribution in [2.75, 3.05) is 5.32 Å². The molecular formula is C12H15NO. The molecule has 0 saturated heterocycles. The van der Waals surface area contributed by atoms with Crippen LogP contribution in [0.3, 0.4) is 0 Å². The first-order valence-corrected chi connectivity index (χ1v) is 5.07. The molecule has 1 atom stereocenters. The zero-order valence-electron chi connectivity index (χ0n) is 8.63. The smallest absolute Gasteiger partial charge is 0.159 e. The third kappa shape index (κ3) is 1.65. The Kier molecular flexibility index (Phi) is 2.28. The summed E-state index contributed by atoms with van der Waals surface area (Å²) in [4.78, 5) is 11.2. The van der Waals surface area contributed by atoms with E-state index in [2.05, 4.69) is 12.2 Å². The number of anilines is 1. The lowest BCUT2D eigenvalue weighted by molar-refractivity contribution is 0.101. The first kappa shape index (κ1) is 9.25. The van der Waals surface area contributed by atoms with Crippen molar-refractivity contribution in [3.05, 3.63) is 29.3 Å². The van der Waals surface area contributed by atoms with Crippen LogP contribution in [-0.2, 0) is 6.42 Å². The van der Waals surface area contributed by atoms with Crippen molar-refractivity contribution in [2.45, 2.75) is 32.7 Å². The molecule has 74 valence electrons. The van der Waals surface area contributed by atoms with E-state index in [1.54, 1.807) is 6.92 Å². The number of aryl methyl sites for hydroxylation is 1. The maximum Gasteiger partial charge on any atom is 0.159 e. The molecule has 1 aromatic carbocycles. The van der Waals surface area contributed by atoms with Gasteiger partial charge in [0.05, 0.1) is 0 Å². The number of hydrogen-bond donors (Lipinski definition) is 1. The fourth-order valence-corrected chi connectivity index (χ4v) is 1.87. The molecule has 0 fully saturated rings. The standard InChI is InChI=1S/C12H15NO/c1-8-3-4-11-7-10(9(2)14)5-6-12(11)13-8/h5-8,13H,3-4H2,1-2H3. The Hall–Kier alpha value is -1.31. The average molecular weight is 189 g/mol. The molecule has 1 aromatic rings. The summed E-state index contributed by atoms with van der Waals surface area (Å²) in [6.45, 7) is 3.79. The minimum absolute atomic E-state index is 0.145. The number of fused-ring (bicyclic) bond motifs is 1. The Labute approximate surface area is 84.3 Å². The van der Waals surface area contributed by atoms with Crippen LogP contribution in [0.1, 0.15) is 36.2 Å². The van der Waals surface area contributed by atoms with E-state index in [-0.39, 0.29) is 5.78 Å². The van der Waals surface area contributed by atoms with Crippen molar-refractivity contribution in [1.82, 2.24) is 0 Å². The number of ketones is 1. The zero-order valence-corrected chi connectivity index (χ0v) is 8.63. The van der Waals surface area contributed by atoms with Crippen LogP contribution in [0.15, 0.2) is 18.2 Å². The number of rotatable bonds is 1. The molecule has 2 nitrogen and oxygen atoms in total. The van der Waals surface area contributed by atoms with E-state index in [0.717, 1.165) is 18.4 Å². The molecular weight excluding hydrogens is 174 g/mol. The number of nitrogens with one attached hydrogen (secondary N) is 1. The molecule has 1 unspecified atom stereocenters. The molecule has 0 bridgehead atoms. The minimum Gasteiger partial charge on any atom is -0.382 e. The van der Waals surface area contributed by atoms with Gasteiger partial charge in [-0.2, -0.15) is 0 Å². The third-order valence-corrected chi connectivity index (χ3v) is 2.76. The Morgan fingerprint density at radius 2 is 2.29 bits per heavy atom. The van der Waals surface area contributed by atoms with Gasteiger partial charge in [0.2, 0.25) is 0 Å². The molecule has 1 heterocycles. The van der Waals surface area contributed by atoms with Gasteiger partial charge in [-0.15, -0.1) is 0 Å². The Bertz CT molecular complexity index is 371. The highest BCUT2D eigenvalue weighted by atomic mass is 16.1. The molecule has 0 saturated carbocycles. The van der Waals surface area contributed by atoms with Gasteiger partial charge in [-0.25, -0.2) is 0 Å². The molecule has 1 aliphatic heterocycles. The normalized spacial score (nSPS) is 19.7. The predicted molar refractivity (Wildman–Crippen MR) is 57.9 cm³/mol.